The number of carbonyl (C=O) groups is 1. The van der Waals surface area contributed by atoms with E-state index in [0.29, 0.717) is 19.2 Å². The lowest BCUT2D eigenvalue weighted by Gasteiger charge is -2.29. The summed E-state index contributed by atoms with van der Waals surface area (Å²) in [5, 5.41) is 6.27. The molecule has 1 atom stereocenters. The first-order valence-corrected chi connectivity index (χ1v) is 6.66. The molecule has 1 rings (SSSR count). The second kappa shape index (κ2) is 7.67. The first-order chi connectivity index (χ1) is 8.13. The molecule has 1 unspecified atom stereocenters. The Hall–Kier alpha value is -0.610. The van der Waals surface area contributed by atoms with Gasteiger partial charge in [-0.15, -0.1) is 0 Å². The molecule has 1 amide bonds. The number of nitrogens with one attached hydrogen (secondary N) is 2. The first kappa shape index (κ1) is 14.5. The zero-order valence-corrected chi connectivity index (χ0v) is 11.3. The van der Waals surface area contributed by atoms with E-state index in [1.54, 1.807) is 7.11 Å². The van der Waals surface area contributed by atoms with Crippen molar-refractivity contribution in [1.29, 1.82) is 0 Å². The van der Waals surface area contributed by atoms with Crippen molar-refractivity contribution >= 4 is 5.91 Å². The number of carbonyl (C=O) groups excluding carboxylic acids is 1. The van der Waals surface area contributed by atoms with E-state index in [4.69, 9.17) is 4.74 Å². The maximum atomic E-state index is 11.7. The van der Waals surface area contributed by atoms with Crippen molar-refractivity contribution in [3.05, 3.63) is 0 Å². The van der Waals surface area contributed by atoms with Gasteiger partial charge in [0, 0.05) is 19.7 Å². The van der Waals surface area contributed by atoms with Gasteiger partial charge in [-0.3, -0.25) is 4.79 Å². The lowest BCUT2D eigenvalue weighted by Crippen LogP contribution is -2.48. The Balaban J connectivity index is 2.19. The molecule has 1 aliphatic carbocycles. The molecule has 2 N–H and O–H groups in total. The van der Waals surface area contributed by atoms with Crippen LogP contribution in [0.5, 0.6) is 0 Å². The van der Waals surface area contributed by atoms with Crippen LogP contribution >= 0.6 is 0 Å². The maximum Gasteiger partial charge on any atom is 0.236 e. The summed E-state index contributed by atoms with van der Waals surface area (Å²) in [5.74, 6) is 0.916. The smallest absolute Gasteiger partial charge is 0.236 e. The van der Waals surface area contributed by atoms with Crippen LogP contribution in [0.4, 0.5) is 0 Å². The van der Waals surface area contributed by atoms with Gasteiger partial charge in [0.1, 0.15) is 0 Å². The largest absolute Gasteiger partial charge is 0.383 e. The normalized spacial score (nSPS) is 26.5. The number of rotatable bonds is 6. The van der Waals surface area contributed by atoms with Gasteiger partial charge in [0.15, 0.2) is 0 Å². The molecule has 1 saturated carbocycles. The van der Waals surface area contributed by atoms with Gasteiger partial charge in [-0.25, -0.2) is 0 Å². The summed E-state index contributed by atoms with van der Waals surface area (Å²) in [6.07, 6.45) is 4.93. The third-order valence-electron chi connectivity index (χ3n) is 3.50. The summed E-state index contributed by atoms with van der Waals surface area (Å²) < 4.78 is 4.90. The quantitative estimate of drug-likeness (QED) is 0.690. The second-order valence-electron chi connectivity index (χ2n) is 5.13. The molecular weight excluding hydrogens is 216 g/mol. The summed E-state index contributed by atoms with van der Waals surface area (Å²) in [6.45, 7) is 5.39. The van der Waals surface area contributed by atoms with E-state index in [1.807, 2.05) is 6.92 Å². The average Bonchev–Trinajstić information content (AvgIpc) is 2.32. The zero-order chi connectivity index (χ0) is 12.7. The van der Waals surface area contributed by atoms with Crippen LogP contribution in [-0.4, -0.2) is 38.3 Å². The van der Waals surface area contributed by atoms with Crippen LogP contribution in [0.3, 0.4) is 0 Å². The highest BCUT2D eigenvalue weighted by Crippen LogP contribution is 2.23. The standard InChI is InChI=1S/C13H26N2O2/c1-10-4-6-12(7-5-10)15-11(2)13(16)14-8-9-17-3/h10-12,15H,4-9H2,1-3H3,(H,14,16). The van der Waals surface area contributed by atoms with Gasteiger partial charge in [-0.05, 0) is 38.5 Å². The second-order valence-corrected chi connectivity index (χ2v) is 5.13. The van der Waals surface area contributed by atoms with Crippen molar-refractivity contribution in [3.8, 4) is 0 Å². The minimum absolute atomic E-state index is 0.0701. The van der Waals surface area contributed by atoms with E-state index in [2.05, 4.69) is 17.6 Å². The van der Waals surface area contributed by atoms with Gasteiger partial charge >= 0.3 is 0 Å². The molecule has 4 nitrogen and oxygen atoms in total. The third-order valence-corrected chi connectivity index (χ3v) is 3.50. The number of hydrogen-bond acceptors (Lipinski definition) is 3. The van der Waals surface area contributed by atoms with Crippen LogP contribution in [0, 0.1) is 5.92 Å². The molecule has 0 saturated heterocycles. The van der Waals surface area contributed by atoms with E-state index in [-0.39, 0.29) is 11.9 Å². The summed E-state index contributed by atoms with van der Waals surface area (Å²) in [4.78, 5) is 11.7. The molecule has 17 heavy (non-hydrogen) atoms. The monoisotopic (exact) mass is 242 g/mol. The van der Waals surface area contributed by atoms with Crippen molar-refractivity contribution in [2.75, 3.05) is 20.3 Å². The molecule has 0 aromatic rings. The van der Waals surface area contributed by atoms with E-state index in [1.165, 1.54) is 25.7 Å². The third kappa shape index (κ3) is 5.50. The lowest BCUT2D eigenvalue weighted by molar-refractivity contribution is -0.123. The van der Waals surface area contributed by atoms with Crippen molar-refractivity contribution in [1.82, 2.24) is 10.6 Å². The molecule has 0 aliphatic heterocycles. The van der Waals surface area contributed by atoms with Gasteiger partial charge in [-0.1, -0.05) is 6.92 Å². The van der Waals surface area contributed by atoms with Crippen molar-refractivity contribution < 1.29 is 9.53 Å². The average molecular weight is 242 g/mol. The highest BCUT2D eigenvalue weighted by atomic mass is 16.5. The molecule has 100 valence electrons. The van der Waals surface area contributed by atoms with Crippen molar-refractivity contribution in [3.63, 3.8) is 0 Å². The fourth-order valence-electron chi connectivity index (χ4n) is 2.29. The van der Waals surface area contributed by atoms with Crippen LogP contribution < -0.4 is 10.6 Å². The fourth-order valence-corrected chi connectivity index (χ4v) is 2.29. The molecule has 0 heterocycles. The number of hydrogen-bond donors (Lipinski definition) is 2. The van der Waals surface area contributed by atoms with Crippen LogP contribution in [0.15, 0.2) is 0 Å². The number of amides is 1. The van der Waals surface area contributed by atoms with Crippen LogP contribution in [0.25, 0.3) is 0 Å². The van der Waals surface area contributed by atoms with Crippen molar-refractivity contribution in [2.45, 2.75) is 51.6 Å². The highest BCUT2D eigenvalue weighted by molar-refractivity contribution is 5.81. The Bertz CT molecular complexity index is 225. The van der Waals surface area contributed by atoms with Gasteiger partial charge < -0.3 is 15.4 Å². The minimum Gasteiger partial charge on any atom is -0.383 e. The SMILES string of the molecule is COCCNC(=O)C(C)NC1CCC(C)CC1. The molecule has 0 radical (unpaired) electrons. The Morgan fingerprint density at radius 1 is 1.35 bits per heavy atom. The van der Waals surface area contributed by atoms with Gasteiger partial charge in [0.25, 0.3) is 0 Å². The van der Waals surface area contributed by atoms with Gasteiger partial charge in [0.05, 0.1) is 12.6 Å². The molecule has 0 aromatic carbocycles. The van der Waals surface area contributed by atoms with Gasteiger partial charge in [0.2, 0.25) is 5.91 Å². The Labute approximate surface area is 104 Å². The number of methoxy groups -OCH3 is 1. The van der Waals surface area contributed by atoms with Crippen molar-refractivity contribution in [2.24, 2.45) is 5.92 Å². The Morgan fingerprint density at radius 2 is 2.00 bits per heavy atom. The zero-order valence-electron chi connectivity index (χ0n) is 11.3. The van der Waals surface area contributed by atoms with Gasteiger partial charge in [-0.2, -0.15) is 0 Å². The molecular formula is C13H26N2O2. The molecule has 4 heteroatoms. The van der Waals surface area contributed by atoms with E-state index >= 15 is 0 Å². The molecule has 1 fully saturated rings. The fraction of sp³-hybridized carbons (Fsp3) is 0.923. The van der Waals surface area contributed by atoms with Crippen LogP contribution in [-0.2, 0) is 9.53 Å². The molecule has 0 spiro atoms. The molecule has 1 aliphatic rings. The molecule has 0 bridgehead atoms. The van der Waals surface area contributed by atoms with E-state index in [9.17, 15) is 4.79 Å². The van der Waals surface area contributed by atoms with Crippen LogP contribution in [0.2, 0.25) is 0 Å². The minimum atomic E-state index is -0.106. The first-order valence-electron chi connectivity index (χ1n) is 6.66. The molecule has 0 aromatic heterocycles. The predicted octanol–water partition coefficient (Wildman–Crippen LogP) is 1.31. The lowest BCUT2D eigenvalue weighted by atomic mass is 9.87. The Morgan fingerprint density at radius 3 is 2.59 bits per heavy atom. The highest BCUT2D eigenvalue weighted by Gasteiger charge is 2.21. The number of ether oxygens (including phenoxy) is 1. The topological polar surface area (TPSA) is 50.4 Å². The maximum absolute atomic E-state index is 11.7. The summed E-state index contributed by atoms with van der Waals surface area (Å²) >= 11 is 0. The Kier molecular flexibility index (Phi) is 6.52. The van der Waals surface area contributed by atoms with Crippen LogP contribution in [0.1, 0.15) is 39.5 Å². The summed E-state index contributed by atoms with van der Waals surface area (Å²) in [5.41, 5.74) is 0. The van der Waals surface area contributed by atoms with E-state index < -0.39 is 0 Å². The summed E-state index contributed by atoms with van der Waals surface area (Å²) in [7, 11) is 1.64. The summed E-state index contributed by atoms with van der Waals surface area (Å²) in [6, 6.07) is 0.402. The predicted molar refractivity (Wildman–Crippen MR) is 68.9 cm³/mol. The van der Waals surface area contributed by atoms with E-state index in [0.717, 1.165) is 5.92 Å².